The van der Waals surface area contributed by atoms with E-state index in [2.05, 4.69) is 20.6 Å². The lowest BCUT2D eigenvalue weighted by atomic mass is 10.3. The van der Waals surface area contributed by atoms with Gasteiger partial charge in [0.1, 0.15) is 0 Å². The first-order valence-corrected chi connectivity index (χ1v) is 10.4. The Hall–Kier alpha value is -1.87. The second-order valence-electron chi connectivity index (χ2n) is 5.05. The Morgan fingerprint density at radius 1 is 1.00 bits per heavy atom. The zero-order chi connectivity index (χ0) is 17.4. The first kappa shape index (κ1) is 16.6. The van der Waals surface area contributed by atoms with Gasteiger partial charge >= 0.3 is 6.03 Å². The lowest BCUT2D eigenvalue weighted by Gasteiger charge is -2.04. The summed E-state index contributed by atoms with van der Waals surface area (Å²) in [6.07, 6.45) is 2.01. The highest BCUT2D eigenvalue weighted by molar-refractivity contribution is 8.00. The van der Waals surface area contributed by atoms with Gasteiger partial charge in [-0.3, -0.25) is 5.32 Å². The van der Waals surface area contributed by atoms with Gasteiger partial charge in [0.25, 0.3) is 0 Å². The number of nitrogens with zero attached hydrogens (tertiary/aromatic N) is 2. The minimum Gasteiger partial charge on any atom is -0.308 e. The maximum atomic E-state index is 12.2. The van der Waals surface area contributed by atoms with Gasteiger partial charge in [-0.2, -0.15) is 0 Å². The quantitative estimate of drug-likeness (QED) is 0.414. The number of hydrogen-bond acceptors (Lipinski definition) is 6. The third kappa shape index (κ3) is 3.43. The Bertz CT molecular complexity index is 1070. The number of benzene rings is 2. The maximum Gasteiger partial charge on any atom is 0.325 e. The largest absolute Gasteiger partial charge is 0.325 e. The molecule has 9 heteroatoms. The van der Waals surface area contributed by atoms with E-state index in [1.807, 2.05) is 18.4 Å². The predicted octanol–water partition coefficient (Wildman–Crippen LogP) is 5.93. The molecular weight excluding hydrogens is 396 g/mol. The predicted molar refractivity (Wildman–Crippen MR) is 109 cm³/mol. The third-order valence-electron chi connectivity index (χ3n) is 3.39. The fourth-order valence-corrected chi connectivity index (χ4v) is 5.07. The first-order valence-electron chi connectivity index (χ1n) is 7.20. The summed E-state index contributed by atoms with van der Waals surface area (Å²) in [5.74, 6) is 0. The molecule has 2 amide bonds. The molecule has 4 aromatic rings. The smallest absolute Gasteiger partial charge is 0.308 e. The van der Waals surface area contributed by atoms with Gasteiger partial charge in [0.05, 0.1) is 20.4 Å². The molecule has 0 atom stereocenters. The average Bonchev–Trinajstić information content (AvgIpc) is 3.19. The molecular formula is C16H11ClN4OS3. The van der Waals surface area contributed by atoms with Gasteiger partial charge in [0.2, 0.25) is 0 Å². The van der Waals surface area contributed by atoms with Crippen LogP contribution in [0.2, 0.25) is 5.02 Å². The molecule has 0 fully saturated rings. The van der Waals surface area contributed by atoms with Gasteiger partial charge < -0.3 is 5.32 Å². The van der Waals surface area contributed by atoms with Gasteiger partial charge in [0.15, 0.2) is 9.47 Å². The number of anilines is 2. The summed E-state index contributed by atoms with van der Waals surface area (Å²) in [6, 6.07) is 10.5. The van der Waals surface area contributed by atoms with Gasteiger partial charge in [-0.25, -0.2) is 14.8 Å². The SMILES string of the molecule is CSc1nc2ccc3nc(NC(=O)Nc4ccc(Cl)cc4)sc3c2s1. The van der Waals surface area contributed by atoms with Crippen LogP contribution in [0.4, 0.5) is 15.6 Å². The van der Waals surface area contributed by atoms with Gasteiger partial charge in [0, 0.05) is 10.7 Å². The van der Waals surface area contributed by atoms with Crippen molar-refractivity contribution in [1.82, 2.24) is 9.97 Å². The number of nitrogens with one attached hydrogen (secondary N) is 2. The van der Waals surface area contributed by atoms with E-state index in [0.717, 1.165) is 24.8 Å². The molecule has 0 saturated carbocycles. The molecule has 0 bridgehead atoms. The number of fused-ring (bicyclic) bond motifs is 3. The van der Waals surface area contributed by atoms with Crippen molar-refractivity contribution in [3.05, 3.63) is 41.4 Å². The molecule has 0 saturated heterocycles. The summed E-state index contributed by atoms with van der Waals surface area (Å²) >= 11 is 10.6. The van der Waals surface area contributed by atoms with Crippen molar-refractivity contribution in [2.45, 2.75) is 4.34 Å². The highest BCUT2D eigenvalue weighted by Crippen LogP contribution is 2.38. The molecule has 2 aromatic heterocycles. The molecule has 25 heavy (non-hydrogen) atoms. The van der Waals surface area contributed by atoms with E-state index in [1.54, 1.807) is 47.4 Å². The fraction of sp³-hybridized carbons (Fsp3) is 0.0625. The molecule has 126 valence electrons. The Morgan fingerprint density at radius 2 is 1.68 bits per heavy atom. The van der Waals surface area contributed by atoms with Gasteiger partial charge in [-0.15, -0.1) is 11.3 Å². The van der Waals surface area contributed by atoms with Crippen molar-refractivity contribution in [3.8, 4) is 0 Å². The Labute approximate surface area is 160 Å². The van der Waals surface area contributed by atoms with E-state index in [4.69, 9.17) is 11.6 Å². The van der Waals surface area contributed by atoms with Crippen LogP contribution in [0.25, 0.3) is 20.4 Å². The summed E-state index contributed by atoms with van der Waals surface area (Å²) in [6.45, 7) is 0. The number of urea groups is 1. The van der Waals surface area contributed by atoms with Crippen LogP contribution >= 0.6 is 46.0 Å². The highest BCUT2D eigenvalue weighted by atomic mass is 35.5. The zero-order valence-corrected chi connectivity index (χ0v) is 16.1. The van der Waals surface area contributed by atoms with E-state index in [-0.39, 0.29) is 6.03 Å². The number of rotatable bonds is 3. The minimum absolute atomic E-state index is 0.341. The Kier molecular flexibility index (Phi) is 4.51. The van der Waals surface area contributed by atoms with Crippen LogP contribution in [0.15, 0.2) is 40.7 Å². The summed E-state index contributed by atoms with van der Waals surface area (Å²) < 4.78 is 3.16. The van der Waals surface area contributed by atoms with Crippen molar-refractivity contribution in [3.63, 3.8) is 0 Å². The van der Waals surface area contributed by atoms with Crippen LogP contribution in [-0.4, -0.2) is 22.3 Å². The number of hydrogen-bond donors (Lipinski definition) is 2. The minimum atomic E-state index is -0.341. The molecule has 0 aliphatic carbocycles. The standard InChI is InChI=1S/C16H11ClN4OS3/c1-23-16-20-11-7-6-10-12(13(11)25-16)24-15(19-10)21-14(22)18-9-4-2-8(17)3-5-9/h2-7H,1H3,(H2,18,19,21,22). The third-order valence-corrected chi connectivity index (χ3v) is 6.85. The van der Waals surface area contributed by atoms with Crippen molar-refractivity contribution >= 4 is 83.3 Å². The molecule has 2 N–H and O–H groups in total. The number of thioether (sulfide) groups is 1. The Balaban J connectivity index is 1.58. The van der Waals surface area contributed by atoms with Crippen molar-refractivity contribution < 1.29 is 4.79 Å². The second kappa shape index (κ2) is 6.80. The number of aromatic nitrogens is 2. The van der Waals surface area contributed by atoms with Crippen LogP contribution < -0.4 is 10.6 Å². The van der Waals surface area contributed by atoms with Crippen LogP contribution in [-0.2, 0) is 0 Å². The highest BCUT2D eigenvalue weighted by Gasteiger charge is 2.13. The van der Waals surface area contributed by atoms with Crippen molar-refractivity contribution in [2.75, 3.05) is 16.9 Å². The van der Waals surface area contributed by atoms with Crippen LogP contribution in [0.1, 0.15) is 0 Å². The molecule has 0 aliphatic rings. The lowest BCUT2D eigenvalue weighted by molar-refractivity contribution is 0.262. The van der Waals surface area contributed by atoms with E-state index in [1.165, 1.54) is 11.3 Å². The van der Waals surface area contributed by atoms with Crippen molar-refractivity contribution in [1.29, 1.82) is 0 Å². The number of carbonyl (C=O) groups is 1. The van der Waals surface area contributed by atoms with Crippen molar-refractivity contribution in [2.24, 2.45) is 0 Å². The second-order valence-corrected chi connectivity index (χ2v) is 8.54. The first-order chi connectivity index (χ1) is 12.1. The average molecular weight is 407 g/mol. The molecule has 5 nitrogen and oxygen atoms in total. The van der Waals surface area contributed by atoms with Gasteiger partial charge in [-0.1, -0.05) is 34.7 Å². The fourth-order valence-electron chi connectivity index (χ4n) is 2.29. The maximum absolute atomic E-state index is 12.2. The molecule has 0 aliphatic heterocycles. The van der Waals surface area contributed by atoms with Gasteiger partial charge in [-0.05, 0) is 42.7 Å². The molecule has 2 aromatic carbocycles. The summed E-state index contributed by atoms with van der Waals surface area (Å²) in [5.41, 5.74) is 2.48. The molecule has 2 heterocycles. The van der Waals surface area contributed by atoms with E-state index in [9.17, 15) is 4.79 Å². The lowest BCUT2D eigenvalue weighted by Crippen LogP contribution is -2.19. The molecule has 4 rings (SSSR count). The molecule has 0 radical (unpaired) electrons. The van der Waals surface area contributed by atoms with Crippen LogP contribution in [0.5, 0.6) is 0 Å². The normalized spacial score (nSPS) is 11.1. The van der Waals surface area contributed by atoms with Crippen LogP contribution in [0, 0.1) is 0 Å². The van der Waals surface area contributed by atoms with E-state index in [0.29, 0.717) is 15.8 Å². The number of amides is 2. The topological polar surface area (TPSA) is 66.9 Å². The molecule has 0 unspecified atom stereocenters. The molecule has 0 spiro atoms. The van der Waals surface area contributed by atoms with E-state index < -0.39 is 0 Å². The number of carbonyl (C=O) groups excluding carboxylic acids is 1. The number of thiazole rings is 2. The summed E-state index contributed by atoms with van der Waals surface area (Å²) in [7, 11) is 0. The Morgan fingerprint density at radius 3 is 2.40 bits per heavy atom. The summed E-state index contributed by atoms with van der Waals surface area (Å²) in [5, 5.41) is 6.71. The zero-order valence-electron chi connectivity index (χ0n) is 12.9. The monoisotopic (exact) mass is 406 g/mol. The van der Waals surface area contributed by atoms with E-state index >= 15 is 0 Å². The number of halogens is 1. The van der Waals surface area contributed by atoms with Crippen LogP contribution in [0.3, 0.4) is 0 Å². The summed E-state index contributed by atoms with van der Waals surface area (Å²) in [4.78, 5) is 21.2.